The lowest BCUT2D eigenvalue weighted by atomic mass is 9.53. The molecule has 4 nitrogen and oxygen atoms in total. The van der Waals surface area contributed by atoms with Gasteiger partial charge in [0.25, 0.3) is 0 Å². The van der Waals surface area contributed by atoms with Gasteiger partial charge in [0.1, 0.15) is 10.0 Å². The second-order valence-electron chi connectivity index (χ2n) is 19.6. The van der Waals surface area contributed by atoms with Gasteiger partial charge in [0.15, 0.2) is 0 Å². The second-order valence-corrected chi connectivity index (χ2v) is 21.6. The maximum absolute atomic E-state index is 2.58. The third-order valence-electron chi connectivity index (χ3n) is 15.7. The zero-order valence-electron chi connectivity index (χ0n) is 41.3. The summed E-state index contributed by atoms with van der Waals surface area (Å²) in [4.78, 5) is 12.5. The van der Waals surface area contributed by atoms with Crippen molar-refractivity contribution in [3.05, 3.63) is 334 Å². The minimum Gasteiger partial charge on any atom is -0.310 e. The fourth-order valence-electron chi connectivity index (χ4n) is 12.7. The van der Waals surface area contributed by atoms with Crippen molar-refractivity contribution in [3.63, 3.8) is 0 Å². The van der Waals surface area contributed by atoms with Crippen molar-refractivity contribution in [1.82, 2.24) is 0 Å². The van der Waals surface area contributed by atoms with Gasteiger partial charge in [-0.05, 0) is 143 Å². The Morgan fingerprint density at radius 1 is 0.250 bits per heavy atom. The number of rotatable bonds is 8. The Hall–Kier alpha value is -9.20. The molecule has 0 amide bonds. The van der Waals surface area contributed by atoms with Crippen molar-refractivity contribution in [2.45, 2.75) is 10.8 Å². The average molecular weight is 1010 g/mol. The normalized spacial score (nSPS) is 13.9. The quantitative estimate of drug-likeness (QED) is 0.150. The highest BCUT2D eigenvalue weighted by atomic mass is 32.1. The molecule has 4 heterocycles. The summed E-state index contributed by atoms with van der Waals surface area (Å²) < 4.78 is 0. The predicted molar refractivity (Wildman–Crippen MR) is 318 cm³/mol. The van der Waals surface area contributed by atoms with Crippen LogP contribution in [-0.4, -0.2) is 0 Å². The molecular formula is C70H48N4S2. The van der Waals surface area contributed by atoms with Crippen molar-refractivity contribution in [2.75, 3.05) is 19.6 Å². The Labute approximate surface area is 451 Å². The zero-order chi connectivity index (χ0) is 50.2. The molecule has 2 aliphatic heterocycles. The molecule has 3 aliphatic rings. The van der Waals surface area contributed by atoms with E-state index in [0.717, 1.165) is 66.9 Å². The molecule has 1 aliphatic carbocycles. The van der Waals surface area contributed by atoms with Crippen LogP contribution in [0.15, 0.2) is 291 Å². The van der Waals surface area contributed by atoms with Crippen molar-refractivity contribution < 1.29 is 0 Å². The van der Waals surface area contributed by atoms with Crippen molar-refractivity contribution in [1.29, 1.82) is 0 Å². The Morgan fingerprint density at radius 2 is 0.487 bits per heavy atom. The number of thiophene rings is 2. The van der Waals surface area contributed by atoms with Crippen LogP contribution in [0.2, 0.25) is 0 Å². The molecule has 0 N–H and O–H groups in total. The third-order valence-corrected chi connectivity index (χ3v) is 18.1. The highest BCUT2D eigenvalue weighted by Gasteiger charge is 2.61. The minimum atomic E-state index is -0.801. The highest BCUT2D eigenvalue weighted by molar-refractivity contribution is 7.18. The lowest BCUT2D eigenvalue weighted by Gasteiger charge is -2.53. The summed E-state index contributed by atoms with van der Waals surface area (Å²) in [5.74, 6) is 0. The minimum absolute atomic E-state index is 0.801. The van der Waals surface area contributed by atoms with Gasteiger partial charge < -0.3 is 19.6 Å². The van der Waals surface area contributed by atoms with E-state index in [0.29, 0.717) is 0 Å². The van der Waals surface area contributed by atoms with E-state index < -0.39 is 10.8 Å². The average Bonchev–Trinajstić information content (AvgIpc) is 4.30. The Bertz CT molecular complexity index is 3590. The molecule has 76 heavy (non-hydrogen) atoms. The van der Waals surface area contributed by atoms with Crippen LogP contribution in [0.3, 0.4) is 0 Å². The molecular weight excluding hydrogens is 961 g/mol. The van der Waals surface area contributed by atoms with Gasteiger partial charge in [-0.2, -0.15) is 0 Å². The number of hydrogen-bond acceptors (Lipinski definition) is 6. The Balaban J connectivity index is 1.15. The fourth-order valence-corrected chi connectivity index (χ4v) is 15.7. The molecule has 0 atom stereocenters. The molecule has 10 aromatic carbocycles. The van der Waals surface area contributed by atoms with Crippen LogP contribution >= 0.6 is 22.7 Å². The number of hydrogen-bond donors (Lipinski definition) is 0. The zero-order valence-corrected chi connectivity index (χ0v) is 43.0. The lowest BCUT2D eigenvalue weighted by Crippen LogP contribution is -2.47. The van der Waals surface area contributed by atoms with Gasteiger partial charge in [0.05, 0.1) is 33.6 Å². The van der Waals surface area contributed by atoms with Crippen molar-refractivity contribution in [2.24, 2.45) is 0 Å². The third kappa shape index (κ3) is 6.41. The molecule has 6 heteroatoms. The summed E-state index contributed by atoms with van der Waals surface area (Å²) in [6.07, 6.45) is 0. The molecule has 2 spiro atoms. The monoisotopic (exact) mass is 1010 g/mol. The molecule has 0 unspecified atom stereocenters. The molecule has 0 bridgehead atoms. The summed E-state index contributed by atoms with van der Waals surface area (Å²) in [6.45, 7) is 0. The number of anilines is 12. The molecule has 0 saturated carbocycles. The summed E-state index contributed by atoms with van der Waals surface area (Å²) in [6, 6.07) is 108. The molecule has 12 aromatic rings. The molecule has 0 radical (unpaired) electrons. The summed E-state index contributed by atoms with van der Waals surface area (Å²) >= 11 is 3.87. The van der Waals surface area contributed by atoms with Gasteiger partial charge in [-0.3, -0.25) is 0 Å². The van der Waals surface area contributed by atoms with Crippen LogP contribution in [0.4, 0.5) is 66.9 Å². The van der Waals surface area contributed by atoms with E-state index in [2.05, 4.69) is 311 Å². The van der Waals surface area contributed by atoms with Crippen molar-refractivity contribution in [3.8, 4) is 0 Å². The fraction of sp³-hybridized carbons (Fsp3) is 0.0286. The van der Waals surface area contributed by atoms with Gasteiger partial charge in [0, 0.05) is 43.9 Å². The van der Waals surface area contributed by atoms with E-state index in [9.17, 15) is 0 Å². The number of nitrogens with zero attached hydrogens (tertiary/aromatic N) is 4. The highest BCUT2D eigenvalue weighted by Crippen LogP contribution is 2.72. The standard InChI is InChI=1S/C70H48N4S2/c1-7-27-49(28-8-1)71(50-29-9-2-10-30-50)65-47-59-67(75-65)70(57-41-21-25-45-63(57)74(54-37-17-6-18-38-54)64-46-26-22-42-58(64)70)60-48-66(72(51-31-11-3-12-32-51)52-33-13-4-14-34-52)76-68(60)69(59)55-39-19-23-43-61(55)73(53-35-15-5-16-36-53)62-44-24-20-40-56(62)69/h1-48H. The molecule has 2 aromatic heterocycles. The second kappa shape index (κ2) is 17.7. The first-order chi connectivity index (χ1) is 37.7. The van der Waals surface area contributed by atoms with E-state index >= 15 is 0 Å². The predicted octanol–water partition coefficient (Wildman–Crippen LogP) is 19.4. The maximum atomic E-state index is 2.58. The topological polar surface area (TPSA) is 13.0 Å². The number of fused-ring (bicyclic) bond motifs is 14. The molecule has 0 fully saturated rings. The van der Waals surface area contributed by atoms with Crippen LogP contribution < -0.4 is 19.6 Å². The van der Waals surface area contributed by atoms with Crippen molar-refractivity contribution >= 4 is 89.5 Å². The smallest absolute Gasteiger partial charge is 0.101 e. The van der Waals surface area contributed by atoms with Crippen LogP contribution in [0.1, 0.15) is 43.1 Å². The van der Waals surface area contributed by atoms with Gasteiger partial charge in [-0.1, -0.05) is 182 Å². The summed E-state index contributed by atoms with van der Waals surface area (Å²) in [7, 11) is 0. The van der Waals surface area contributed by atoms with E-state index in [-0.39, 0.29) is 0 Å². The van der Waals surface area contributed by atoms with Gasteiger partial charge in [-0.15, -0.1) is 22.7 Å². The first-order valence-electron chi connectivity index (χ1n) is 25.9. The largest absolute Gasteiger partial charge is 0.310 e. The van der Waals surface area contributed by atoms with Gasteiger partial charge in [-0.25, -0.2) is 0 Å². The first-order valence-corrected chi connectivity index (χ1v) is 27.6. The SMILES string of the molecule is c1ccc(N(c2ccccc2)c2cc3c(s2)C2(c4ccccc4N(c4ccccc4)c4ccccc42)c2cc(N(c4ccccc4)c4ccccc4)sc2C32c3ccccc3N(c3ccccc3)c3ccccc32)cc1. The molecule has 0 saturated heterocycles. The molecule has 360 valence electrons. The first kappa shape index (κ1) is 44.3. The van der Waals surface area contributed by atoms with E-state index in [1.807, 2.05) is 22.7 Å². The summed E-state index contributed by atoms with van der Waals surface area (Å²) in [5.41, 5.74) is 17.2. The van der Waals surface area contributed by atoms with E-state index in [1.165, 1.54) is 43.1 Å². The Morgan fingerprint density at radius 3 is 0.763 bits per heavy atom. The van der Waals surface area contributed by atoms with Crippen LogP contribution in [0, 0.1) is 0 Å². The molecule has 15 rings (SSSR count). The Kier molecular flexibility index (Phi) is 10.3. The van der Waals surface area contributed by atoms with E-state index in [1.54, 1.807) is 0 Å². The summed E-state index contributed by atoms with van der Waals surface area (Å²) in [5, 5.41) is 2.29. The van der Waals surface area contributed by atoms with Crippen LogP contribution in [-0.2, 0) is 10.8 Å². The number of para-hydroxylation sites is 10. The number of benzene rings is 10. The van der Waals surface area contributed by atoms with Crippen LogP contribution in [0.25, 0.3) is 0 Å². The van der Waals surface area contributed by atoms with E-state index in [4.69, 9.17) is 0 Å². The maximum Gasteiger partial charge on any atom is 0.101 e. The van der Waals surface area contributed by atoms with Gasteiger partial charge >= 0.3 is 0 Å². The van der Waals surface area contributed by atoms with Gasteiger partial charge in [0.2, 0.25) is 0 Å². The lowest BCUT2D eigenvalue weighted by molar-refractivity contribution is 0.634. The van der Waals surface area contributed by atoms with Crippen LogP contribution in [0.5, 0.6) is 0 Å².